The number of aliphatic hydroxyl groups is 1. The van der Waals surface area contributed by atoms with E-state index in [9.17, 15) is 39.0 Å². The van der Waals surface area contributed by atoms with E-state index >= 15 is 0 Å². The average Bonchev–Trinajstić information content (AvgIpc) is 3.00. The second-order valence-electron chi connectivity index (χ2n) is 15.8. The van der Waals surface area contributed by atoms with E-state index in [0.29, 0.717) is 5.56 Å². The molecule has 0 amide bonds. The fraction of sp³-hybridized carbons (Fsp3) is 0.463. The largest absolute Gasteiger partial charge is 0.507 e. The van der Waals surface area contributed by atoms with Gasteiger partial charge >= 0.3 is 0 Å². The molecule has 0 heterocycles. The van der Waals surface area contributed by atoms with Crippen molar-refractivity contribution in [2.24, 2.45) is 34.5 Å². The van der Waals surface area contributed by atoms with Gasteiger partial charge in [-0.2, -0.15) is 0 Å². The van der Waals surface area contributed by atoms with E-state index in [-0.39, 0.29) is 54.3 Å². The number of carbonyl (C=O) groups is 6. The first-order valence-electron chi connectivity index (χ1n) is 17.1. The SMILES string of the molecule is CC(=O)C1C(=O)C(C(C)C)[C@@]2(C)C[C@@]3(C)Cc4c(C(C)C)cc(CC(=O)Cc5cccc6ccccc56)c(O)c4C(=O)C3C(=O)[C@@]2(O)C1=O. The highest BCUT2D eigenvalue weighted by Crippen LogP contribution is 2.64. The molecule has 256 valence electrons. The fourth-order valence-corrected chi connectivity index (χ4v) is 9.87. The Labute approximate surface area is 286 Å². The normalized spacial score (nSPS) is 29.6. The van der Waals surface area contributed by atoms with E-state index in [0.717, 1.165) is 28.8 Å². The van der Waals surface area contributed by atoms with E-state index in [1.165, 1.54) is 0 Å². The highest BCUT2D eigenvalue weighted by molar-refractivity contribution is 6.32. The molecule has 3 aliphatic rings. The molecule has 2 N–H and O–H groups in total. The first kappa shape index (κ1) is 34.6. The van der Waals surface area contributed by atoms with E-state index < -0.39 is 69.0 Å². The number of benzene rings is 3. The van der Waals surface area contributed by atoms with Crippen molar-refractivity contribution in [2.75, 3.05) is 0 Å². The highest BCUT2D eigenvalue weighted by atomic mass is 16.3. The van der Waals surface area contributed by atoms with Crippen molar-refractivity contribution in [1.29, 1.82) is 0 Å². The summed E-state index contributed by atoms with van der Waals surface area (Å²) >= 11 is 0. The molecule has 49 heavy (non-hydrogen) atoms. The second kappa shape index (κ2) is 11.7. The Morgan fingerprint density at radius 1 is 0.898 bits per heavy atom. The molecule has 6 rings (SSSR count). The van der Waals surface area contributed by atoms with Gasteiger partial charge in [0, 0.05) is 29.7 Å². The van der Waals surface area contributed by atoms with Crippen LogP contribution in [0.1, 0.15) is 93.4 Å². The molecule has 3 aromatic carbocycles. The Kier molecular flexibility index (Phi) is 8.22. The molecular weight excluding hydrogens is 620 g/mol. The third kappa shape index (κ3) is 4.89. The van der Waals surface area contributed by atoms with Gasteiger partial charge < -0.3 is 10.2 Å². The minimum absolute atomic E-state index is 0.00734. The van der Waals surface area contributed by atoms with E-state index in [1.807, 2.05) is 56.3 Å². The van der Waals surface area contributed by atoms with Gasteiger partial charge in [-0.25, -0.2) is 0 Å². The lowest BCUT2D eigenvalue weighted by molar-refractivity contribution is -0.205. The van der Waals surface area contributed by atoms with E-state index in [1.54, 1.807) is 33.8 Å². The van der Waals surface area contributed by atoms with Crippen LogP contribution in [-0.2, 0) is 43.2 Å². The monoisotopic (exact) mass is 664 g/mol. The second-order valence-corrected chi connectivity index (χ2v) is 15.8. The van der Waals surface area contributed by atoms with Gasteiger partial charge in [-0.15, -0.1) is 0 Å². The molecule has 6 atom stereocenters. The number of Topliss-reactive ketones (excluding diaryl/α,β-unsaturated/α-hetero) is 6. The summed E-state index contributed by atoms with van der Waals surface area (Å²) in [6.07, 6.45) is 0.129. The number of ketones is 6. The van der Waals surface area contributed by atoms with Gasteiger partial charge in [-0.05, 0) is 64.5 Å². The summed E-state index contributed by atoms with van der Waals surface area (Å²) in [5.41, 5.74) is -3.06. The molecule has 0 saturated heterocycles. The fourth-order valence-electron chi connectivity index (χ4n) is 9.87. The molecule has 8 heteroatoms. The third-order valence-electron chi connectivity index (χ3n) is 11.8. The first-order valence-corrected chi connectivity index (χ1v) is 17.1. The van der Waals surface area contributed by atoms with Crippen LogP contribution in [0.25, 0.3) is 10.8 Å². The summed E-state index contributed by atoms with van der Waals surface area (Å²) in [4.78, 5) is 83.2. The maximum absolute atomic E-state index is 14.7. The van der Waals surface area contributed by atoms with Crippen LogP contribution in [0.3, 0.4) is 0 Å². The molecule has 0 aromatic heterocycles. The van der Waals surface area contributed by atoms with E-state index in [4.69, 9.17) is 0 Å². The van der Waals surface area contributed by atoms with Crippen molar-refractivity contribution in [1.82, 2.24) is 0 Å². The van der Waals surface area contributed by atoms with Crippen LogP contribution in [0.2, 0.25) is 0 Å². The molecule has 2 saturated carbocycles. The van der Waals surface area contributed by atoms with Crippen LogP contribution >= 0.6 is 0 Å². The van der Waals surface area contributed by atoms with Gasteiger partial charge in [0.15, 0.2) is 28.7 Å². The lowest BCUT2D eigenvalue weighted by Crippen LogP contribution is -2.76. The van der Waals surface area contributed by atoms with Crippen molar-refractivity contribution < 1.29 is 39.0 Å². The number of carbonyl (C=O) groups excluding carboxylic acids is 6. The maximum Gasteiger partial charge on any atom is 0.190 e. The zero-order valence-corrected chi connectivity index (χ0v) is 29.2. The average molecular weight is 665 g/mol. The summed E-state index contributed by atoms with van der Waals surface area (Å²) in [5.74, 6) is -9.66. The standard InChI is InChI=1S/C41H44O8/c1-20(2)28-17-25(16-26(43)15-24-13-10-12-23-11-8-9-14-27(23)24)34(44)31-29(28)18-39(6)19-40(7)32(21(3)4)35(45)30(22(5)42)37(47)41(40,49)38(48)33(39)36(31)46/h8-14,17,20-21,30,32-33,44,49H,15-16,18-19H2,1-7H3/t30?,32?,33?,39-,40-,41+/m1/s1. The van der Waals surface area contributed by atoms with Crippen molar-refractivity contribution in [3.8, 4) is 5.75 Å². The van der Waals surface area contributed by atoms with Crippen LogP contribution in [0, 0.1) is 34.5 Å². The summed E-state index contributed by atoms with van der Waals surface area (Å²) < 4.78 is 0. The number of hydrogen-bond acceptors (Lipinski definition) is 8. The van der Waals surface area contributed by atoms with Gasteiger partial charge in [0.2, 0.25) is 0 Å². The molecule has 3 aliphatic carbocycles. The Morgan fingerprint density at radius 3 is 2.16 bits per heavy atom. The highest BCUT2D eigenvalue weighted by Gasteiger charge is 2.76. The van der Waals surface area contributed by atoms with Gasteiger partial charge in [-0.3, -0.25) is 28.8 Å². The van der Waals surface area contributed by atoms with Gasteiger partial charge in [0.1, 0.15) is 23.2 Å². The quantitative estimate of drug-likeness (QED) is 0.305. The number of phenolic OH excluding ortho intramolecular Hbond substituents is 1. The van der Waals surface area contributed by atoms with Crippen LogP contribution in [-0.4, -0.2) is 50.5 Å². The molecule has 0 radical (unpaired) electrons. The molecule has 3 unspecified atom stereocenters. The third-order valence-corrected chi connectivity index (χ3v) is 11.8. The summed E-state index contributed by atoms with van der Waals surface area (Å²) in [6.45, 7) is 11.9. The molecule has 0 spiro atoms. The minimum Gasteiger partial charge on any atom is -0.507 e. The summed E-state index contributed by atoms with van der Waals surface area (Å²) in [6, 6.07) is 15.3. The summed E-state index contributed by atoms with van der Waals surface area (Å²) in [7, 11) is 0. The smallest absolute Gasteiger partial charge is 0.190 e. The molecule has 2 fully saturated rings. The summed E-state index contributed by atoms with van der Waals surface area (Å²) in [5, 5.41) is 26.0. The van der Waals surface area contributed by atoms with Crippen molar-refractivity contribution in [3.63, 3.8) is 0 Å². The topological polar surface area (TPSA) is 143 Å². The van der Waals surface area contributed by atoms with Crippen LogP contribution < -0.4 is 0 Å². The van der Waals surface area contributed by atoms with Crippen molar-refractivity contribution in [2.45, 2.75) is 85.7 Å². The molecule has 8 nitrogen and oxygen atoms in total. The van der Waals surface area contributed by atoms with Crippen LogP contribution in [0.4, 0.5) is 0 Å². The number of hydrogen-bond donors (Lipinski definition) is 2. The Bertz CT molecular complexity index is 1980. The molecule has 0 aliphatic heterocycles. The minimum atomic E-state index is -2.76. The van der Waals surface area contributed by atoms with Crippen LogP contribution in [0.5, 0.6) is 5.75 Å². The number of phenols is 1. The molecular formula is C41H44O8. The zero-order chi connectivity index (χ0) is 36.0. The number of fused-ring (bicyclic) bond motifs is 4. The number of aromatic hydroxyl groups is 1. The Morgan fingerprint density at radius 2 is 1.53 bits per heavy atom. The van der Waals surface area contributed by atoms with Crippen molar-refractivity contribution >= 4 is 45.5 Å². The van der Waals surface area contributed by atoms with E-state index in [2.05, 4.69) is 0 Å². The molecule has 3 aromatic rings. The van der Waals surface area contributed by atoms with Gasteiger partial charge in [0.05, 0.1) is 11.5 Å². The lowest BCUT2D eigenvalue weighted by atomic mass is 9.39. The predicted molar refractivity (Wildman–Crippen MR) is 183 cm³/mol. The predicted octanol–water partition coefficient (Wildman–Crippen LogP) is 5.72. The van der Waals surface area contributed by atoms with Crippen molar-refractivity contribution in [3.05, 3.63) is 76.3 Å². The maximum atomic E-state index is 14.7. The lowest BCUT2D eigenvalue weighted by Gasteiger charge is -2.62. The van der Waals surface area contributed by atoms with Gasteiger partial charge in [-0.1, -0.05) is 90.1 Å². The Balaban J connectivity index is 1.45. The zero-order valence-electron chi connectivity index (χ0n) is 29.2. The molecule has 0 bridgehead atoms. The number of rotatable bonds is 7. The van der Waals surface area contributed by atoms with Crippen LogP contribution in [0.15, 0.2) is 48.5 Å². The Hall–Kier alpha value is -4.30. The first-order chi connectivity index (χ1) is 22.9. The van der Waals surface area contributed by atoms with Gasteiger partial charge in [0.25, 0.3) is 0 Å².